The molecule has 1 aliphatic heterocycles. The lowest BCUT2D eigenvalue weighted by atomic mass is 9.94. The van der Waals surface area contributed by atoms with Crippen molar-refractivity contribution in [3.63, 3.8) is 0 Å². The average Bonchev–Trinajstić information content (AvgIpc) is 2.52. The Morgan fingerprint density at radius 3 is 2.86 bits per heavy atom. The molecule has 3 nitrogen and oxygen atoms in total. The zero-order chi connectivity index (χ0) is 15.5. The molecular formula is C19H23NO2. The molecule has 0 saturated heterocycles. The molecule has 0 fully saturated rings. The summed E-state index contributed by atoms with van der Waals surface area (Å²) in [5.41, 5.74) is 5.03. The monoisotopic (exact) mass is 297 g/mol. The van der Waals surface area contributed by atoms with E-state index in [1.165, 1.54) is 22.3 Å². The van der Waals surface area contributed by atoms with Gasteiger partial charge in [0.1, 0.15) is 11.5 Å². The average molecular weight is 297 g/mol. The molecule has 2 aromatic rings. The van der Waals surface area contributed by atoms with E-state index >= 15 is 0 Å². The minimum absolute atomic E-state index is 0.328. The Morgan fingerprint density at radius 1 is 1.23 bits per heavy atom. The number of hydrogen-bond acceptors (Lipinski definition) is 3. The second kappa shape index (κ2) is 6.41. The van der Waals surface area contributed by atoms with Crippen molar-refractivity contribution in [3.8, 4) is 11.5 Å². The van der Waals surface area contributed by atoms with Crippen molar-refractivity contribution in [2.75, 3.05) is 13.7 Å². The highest BCUT2D eigenvalue weighted by atomic mass is 16.5. The SMILES string of the molecule is COc1ccccc1CNC1CCOc2cc(C)cc(C)c21. The first-order chi connectivity index (χ1) is 10.7. The second-order valence-corrected chi connectivity index (χ2v) is 5.88. The Morgan fingerprint density at radius 2 is 2.05 bits per heavy atom. The fourth-order valence-corrected chi connectivity index (χ4v) is 3.22. The molecule has 1 heterocycles. The van der Waals surface area contributed by atoms with Crippen LogP contribution < -0.4 is 14.8 Å². The smallest absolute Gasteiger partial charge is 0.124 e. The summed E-state index contributed by atoms with van der Waals surface area (Å²) in [4.78, 5) is 0. The highest BCUT2D eigenvalue weighted by Gasteiger charge is 2.23. The zero-order valence-electron chi connectivity index (χ0n) is 13.5. The topological polar surface area (TPSA) is 30.5 Å². The fraction of sp³-hybridized carbons (Fsp3) is 0.368. The minimum atomic E-state index is 0.328. The van der Waals surface area contributed by atoms with E-state index in [4.69, 9.17) is 9.47 Å². The highest BCUT2D eigenvalue weighted by Crippen LogP contribution is 2.36. The summed E-state index contributed by atoms with van der Waals surface area (Å²) < 4.78 is 11.3. The molecule has 1 atom stereocenters. The van der Waals surface area contributed by atoms with E-state index in [1.54, 1.807) is 7.11 Å². The molecule has 0 saturated carbocycles. The van der Waals surface area contributed by atoms with Crippen LogP contribution in [-0.4, -0.2) is 13.7 Å². The minimum Gasteiger partial charge on any atom is -0.496 e. The number of fused-ring (bicyclic) bond motifs is 1. The van der Waals surface area contributed by atoms with Crippen LogP contribution in [0.3, 0.4) is 0 Å². The normalized spacial score (nSPS) is 16.8. The molecule has 1 N–H and O–H groups in total. The van der Waals surface area contributed by atoms with Gasteiger partial charge in [-0.2, -0.15) is 0 Å². The van der Waals surface area contributed by atoms with Crippen molar-refractivity contribution in [3.05, 3.63) is 58.7 Å². The Labute approximate surface area is 132 Å². The molecule has 116 valence electrons. The van der Waals surface area contributed by atoms with E-state index in [2.05, 4.69) is 37.4 Å². The van der Waals surface area contributed by atoms with Gasteiger partial charge in [0.2, 0.25) is 0 Å². The maximum Gasteiger partial charge on any atom is 0.124 e. The Balaban J connectivity index is 1.81. The number of nitrogens with one attached hydrogen (secondary N) is 1. The number of rotatable bonds is 4. The van der Waals surface area contributed by atoms with Crippen LogP contribution in [0.15, 0.2) is 36.4 Å². The van der Waals surface area contributed by atoms with Gasteiger partial charge in [-0.1, -0.05) is 24.3 Å². The summed E-state index contributed by atoms with van der Waals surface area (Å²) in [7, 11) is 1.72. The summed E-state index contributed by atoms with van der Waals surface area (Å²) >= 11 is 0. The largest absolute Gasteiger partial charge is 0.496 e. The predicted molar refractivity (Wildman–Crippen MR) is 88.6 cm³/mol. The van der Waals surface area contributed by atoms with Gasteiger partial charge in [-0.05, 0) is 37.1 Å². The van der Waals surface area contributed by atoms with Gasteiger partial charge in [0.05, 0.1) is 13.7 Å². The van der Waals surface area contributed by atoms with Gasteiger partial charge in [0, 0.05) is 30.1 Å². The van der Waals surface area contributed by atoms with Gasteiger partial charge in [-0.25, -0.2) is 0 Å². The van der Waals surface area contributed by atoms with Crippen LogP contribution >= 0.6 is 0 Å². The van der Waals surface area contributed by atoms with Gasteiger partial charge in [0.15, 0.2) is 0 Å². The number of benzene rings is 2. The third kappa shape index (κ3) is 2.95. The van der Waals surface area contributed by atoms with Crippen molar-refractivity contribution in [1.82, 2.24) is 5.32 Å². The van der Waals surface area contributed by atoms with Gasteiger partial charge < -0.3 is 14.8 Å². The molecular weight excluding hydrogens is 274 g/mol. The zero-order valence-corrected chi connectivity index (χ0v) is 13.5. The van der Waals surface area contributed by atoms with Crippen molar-refractivity contribution < 1.29 is 9.47 Å². The van der Waals surface area contributed by atoms with Gasteiger partial charge in [-0.15, -0.1) is 0 Å². The van der Waals surface area contributed by atoms with Gasteiger partial charge >= 0.3 is 0 Å². The van der Waals surface area contributed by atoms with E-state index in [0.717, 1.165) is 31.1 Å². The van der Waals surface area contributed by atoms with Crippen LogP contribution in [0.4, 0.5) is 0 Å². The molecule has 3 heteroatoms. The quantitative estimate of drug-likeness (QED) is 0.927. The van der Waals surface area contributed by atoms with E-state index in [0.29, 0.717) is 6.04 Å². The van der Waals surface area contributed by atoms with Crippen LogP contribution in [-0.2, 0) is 6.54 Å². The predicted octanol–water partition coefficient (Wildman–Crippen LogP) is 3.93. The van der Waals surface area contributed by atoms with Crippen LogP contribution in [0.2, 0.25) is 0 Å². The lowest BCUT2D eigenvalue weighted by Crippen LogP contribution is -2.27. The van der Waals surface area contributed by atoms with Crippen LogP contribution in [0.1, 0.15) is 34.7 Å². The summed E-state index contributed by atoms with van der Waals surface area (Å²) in [6, 6.07) is 12.8. The number of hydrogen-bond donors (Lipinski definition) is 1. The standard InChI is InChI=1S/C19H23NO2/c1-13-10-14(2)19-16(8-9-22-18(19)11-13)20-12-15-6-4-5-7-17(15)21-3/h4-7,10-11,16,20H,8-9,12H2,1-3H3. The molecule has 0 aromatic heterocycles. The molecule has 22 heavy (non-hydrogen) atoms. The molecule has 2 aromatic carbocycles. The molecule has 0 bridgehead atoms. The maximum atomic E-state index is 5.85. The van der Waals surface area contributed by atoms with Crippen LogP contribution in [0.5, 0.6) is 11.5 Å². The van der Waals surface area contributed by atoms with E-state index < -0.39 is 0 Å². The summed E-state index contributed by atoms with van der Waals surface area (Å²) in [5.74, 6) is 1.96. The highest BCUT2D eigenvalue weighted by molar-refractivity contribution is 5.46. The lowest BCUT2D eigenvalue weighted by Gasteiger charge is -2.29. The van der Waals surface area contributed by atoms with E-state index in [1.807, 2.05) is 18.2 Å². The number of ether oxygens (including phenoxy) is 2. The molecule has 1 unspecified atom stereocenters. The molecule has 0 radical (unpaired) electrons. The van der Waals surface area contributed by atoms with Crippen LogP contribution in [0.25, 0.3) is 0 Å². The van der Waals surface area contributed by atoms with Crippen molar-refractivity contribution in [2.45, 2.75) is 32.9 Å². The Bertz CT molecular complexity index is 666. The van der Waals surface area contributed by atoms with E-state index in [9.17, 15) is 0 Å². The van der Waals surface area contributed by atoms with Crippen molar-refractivity contribution in [1.29, 1.82) is 0 Å². The third-order valence-corrected chi connectivity index (χ3v) is 4.24. The third-order valence-electron chi connectivity index (χ3n) is 4.24. The Hall–Kier alpha value is -2.00. The van der Waals surface area contributed by atoms with Gasteiger partial charge in [0.25, 0.3) is 0 Å². The second-order valence-electron chi connectivity index (χ2n) is 5.88. The number of methoxy groups -OCH3 is 1. The van der Waals surface area contributed by atoms with E-state index in [-0.39, 0.29) is 0 Å². The molecule has 0 spiro atoms. The molecule has 1 aliphatic rings. The molecule has 0 aliphatic carbocycles. The first-order valence-electron chi connectivity index (χ1n) is 7.78. The molecule has 3 rings (SSSR count). The fourth-order valence-electron chi connectivity index (χ4n) is 3.22. The van der Waals surface area contributed by atoms with Crippen molar-refractivity contribution in [2.24, 2.45) is 0 Å². The first kappa shape index (κ1) is 14.9. The summed E-state index contributed by atoms with van der Waals surface area (Å²) in [5, 5.41) is 3.67. The van der Waals surface area contributed by atoms with Gasteiger partial charge in [-0.3, -0.25) is 0 Å². The first-order valence-corrected chi connectivity index (χ1v) is 7.78. The Kier molecular flexibility index (Phi) is 4.34. The lowest BCUT2D eigenvalue weighted by molar-refractivity contribution is 0.251. The molecule has 0 amide bonds. The number of para-hydroxylation sites is 1. The summed E-state index contributed by atoms with van der Waals surface area (Å²) in [6.07, 6.45) is 0.992. The van der Waals surface area contributed by atoms with Crippen LogP contribution in [0, 0.1) is 13.8 Å². The van der Waals surface area contributed by atoms with Crippen molar-refractivity contribution >= 4 is 0 Å². The summed E-state index contributed by atoms with van der Waals surface area (Å²) in [6.45, 7) is 5.84. The number of aryl methyl sites for hydroxylation is 2. The maximum absolute atomic E-state index is 5.85.